The number of methoxy groups -OCH3 is 1. The van der Waals surface area contributed by atoms with Crippen LogP contribution in [0.1, 0.15) is 11.1 Å². The molecular weight excluding hydrogens is 409 g/mol. The molecule has 0 aliphatic carbocycles. The fourth-order valence-electron chi connectivity index (χ4n) is 2.55. The van der Waals surface area contributed by atoms with Gasteiger partial charge in [-0.15, -0.1) is 0 Å². The van der Waals surface area contributed by atoms with Crippen molar-refractivity contribution in [2.45, 2.75) is 24.9 Å². The molecule has 1 amide bonds. The zero-order valence-corrected chi connectivity index (χ0v) is 16.9. The smallest absolute Gasteiger partial charge is 0.405 e. The van der Waals surface area contributed by atoms with Crippen molar-refractivity contribution in [2.75, 3.05) is 24.5 Å². The molecule has 0 spiro atoms. The highest BCUT2D eigenvalue weighted by Crippen LogP contribution is 2.28. The van der Waals surface area contributed by atoms with E-state index in [0.717, 1.165) is 4.31 Å². The van der Waals surface area contributed by atoms with Crippen LogP contribution in [0.5, 0.6) is 5.75 Å². The largest absolute Gasteiger partial charge is 0.497 e. The highest BCUT2D eigenvalue weighted by Gasteiger charge is 2.31. The third-order valence-electron chi connectivity index (χ3n) is 4.05. The van der Waals surface area contributed by atoms with Crippen LogP contribution in [0.4, 0.5) is 18.9 Å². The van der Waals surface area contributed by atoms with Crippen LogP contribution >= 0.6 is 0 Å². The van der Waals surface area contributed by atoms with Gasteiger partial charge >= 0.3 is 6.18 Å². The van der Waals surface area contributed by atoms with Crippen LogP contribution in [0.15, 0.2) is 47.4 Å². The molecule has 158 valence electrons. The van der Waals surface area contributed by atoms with Crippen molar-refractivity contribution in [1.29, 1.82) is 0 Å². The Hall–Kier alpha value is -2.75. The van der Waals surface area contributed by atoms with E-state index in [1.54, 1.807) is 31.3 Å². The molecule has 0 aliphatic heterocycles. The molecule has 0 radical (unpaired) electrons. The Morgan fingerprint density at radius 3 is 2.28 bits per heavy atom. The summed E-state index contributed by atoms with van der Waals surface area (Å²) in [5, 5.41) is 1.70. The first-order chi connectivity index (χ1) is 13.4. The van der Waals surface area contributed by atoms with Gasteiger partial charge in [-0.2, -0.15) is 13.2 Å². The molecule has 10 heteroatoms. The SMILES string of the molecule is COc1ccc(N(CC(=O)NCC(F)(F)F)S(=O)(=O)c2cc(C)ccc2C)cc1. The van der Waals surface area contributed by atoms with Gasteiger partial charge in [0.05, 0.1) is 17.7 Å². The lowest BCUT2D eigenvalue weighted by molar-refractivity contribution is -0.137. The number of alkyl halides is 3. The molecule has 0 atom stereocenters. The Morgan fingerprint density at radius 2 is 1.72 bits per heavy atom. The Kier molecular flexibility index (Phi) is 6.78. The number of amides is 1. The average molecular weight is 430 g/mol. The minimum atomic E-state index is -4.60. The number of hydrogen-bond acceptors (Lipinski definition) is 4. The molecular formula is C19H21F3N2O4S. The van der Waals surface area contributed by atoms with E-state index in [1.165, 1.54) is 37.4 Å². The lowest BCUT2D eigenvalue weighted by atomic mass is 10.2. The van der Waals surface area contributed by atoms with Gasteiger partial charge in [0, 0.05) is 0 Å². The number of nitrogens with zero attached hydrogens (tertiary/aromatic N) is 1. The molecule has 0 unspecified atom stereocenters. The van der Waals surface area contributed by atoms with Gasteiger partial charge in [0.1, 0.15) is 18.8 Å². The van der Waals surface area contributed by atoms with Gasteiger partial charge in [0.25, 0.3) is 10.0 Å². The maximum atomic E-state index is 13.3. The summed E-state index contributed by atoms with van der Waals surface area (Å²) in [5.41, 5.74) is 1.25. The molecule has 2 aromatic carbocycles. The van der Waals surface area contributed by atoms with Crippen molar-refractivity contribution >= 4 is 21.6 Å². The molecule has 2 rings (SSSR count). The van der Waals surface area contributed by atoms with Gasteiger partial charge in [0.15, 0.2) is 0 Å². The van der Waals surface area contributed by atoms with Crippen molar-refractivity contribution in [3.05, 3.63) is 53.6 Å². The molecule has 0 saturated carbocycles. The van der Waals surface area contributed by atoms with E-state index in [2.05, 4.69) is 0 Å². The summed E-state index contributed by atoms with van der Waals surface area (Å²) in [6.45, 7) is 0.957. The maximum Gasteiger partial charge on any atom is 0.405 e. The third-order valence-corrected chi connectivity index (χ3v) is 5.96. The van der Waals surface area contributed by atoms with E-state index in [9.17, 15) is 26.4 Å². The minimum absolute atomic E-state index is 0.0306. The number of anilines is 1. The molecule has 2 aromatic rings. The summed E-state index contributed by atoms with van der Waals surface area (Å²) in [6.07, 6.45) is -4.60. The third kappa shape index (κ3) is 5.86. The number of nitrogens with one attached hydrogen (secondary N) is 1. The second-order valence-corrected chi connectivity index (χ2v) is 8.20. The standard InChI is InChI=1S/C19H21F3N2O4S/c1-13-4-5-14(2)17(10-13)29(26,27)24(11-18(25)23-12-19(20,21)22)15-6-8-16(28-3)9-7-15/h4-10H,11-12H2,1-3H3,(H,23,25). The van der Waals surface area contributed by atoms with Gasteiger partial charge in [-0.3, -0.25) is 9.10 Å². The molecule has 0 heterocycles. The molecule has 0 saturated heterocycles. The number of hydrogen-bond donors (Lipinski definition) is 1. The fourth-order valence-corrected chi connectivity index (χ4v) is 4.29. The van der Waals surface area contributed by atoms with E-state index in [1.807, 2.05) is 0 Å². The zero-order chi connectivity index (χ0) is 21.8. The van der Waals surface area contributed by atoms with Crippen LogP contribution in [0.2, 0.25) is 0 Å². The summed E-state index contributed by atoms with van der Waals surface area (Å²) in [4.78, 5) is 12.1. The summed E-state index contributed by atoms with van der Waals surface area (Å²) in [7, 11) is -2.79. The van der Waals surface area contributed by atoms with Crippen LogP contribution in [0.3, 0.4) is 0 Å². The average Bonchev–Trinajstić information content (AvgIpc) is 2.65. The Labute approximate surface area is 167 Å². The summed E-state index contributed by atoms with van der Waals surface area (Å²) >= 11 is 0. The number of aryl methyl sites for hydroxylation is 2. The van der Waals surface area contributed by atoms with Crippen LogP contribution in [-0.2, 0) is 14.8 Å². The minimum Gasteiger partial charge on any atom is -0.497 e. The lowest BCUT2D eigenvalue weighted by Gasteiger charge is -2.25. The van der Waals surface area contributed by atoms with E-state index in [0.29, 0.717) is 16.9 Å². The highest BCUT2D eigenvalue weighted by atomic mass is 32.2. The second-order valence-electron chi connectivity index (χ2n) is 6.37. The monoisotopic (exact) mass is 430 g/mol. The van der Waals surface area contributed by atoms with E-state index in [4.69, 9.17) is 4.74 Å². The number of sulfonamides is 1. The molecule has 0 fully saturated rings. The number of rotatable bonds is 7. The fraction of sp³-hybridized carbons (Fsp3) is 0.316. The van der Waals surface area contributed by atoms with Crippen molar-refractivity contribution in [3.63, 3.8) is 0 Å². The molecule has 1 N–H and O–H groups in total. The van der Waals surface area contributed by atoms with Crippen LogP contribution in [-0.4, -0.2) is 40.7 Å². The Morgan fingerprint density at radius 1 is 1.10 bits per heavy atom. The van der Waals surface area contributed by atoms with Crippen molar-refractivity contribution in [3.8, 4) is 5.75 Å². The first-order valence-corrected chi connectivity index (χ1v) is 9.95. The van der Waals surface area contributed by atoms with E-state index < -0.39 is 35.2 Å². The predicted molar refractivity (Wildman–Crippen MR) is 103 cm³/mol. The molecule has 6 nitrogen and oxygen atoms in total. The Bertz CT molecular complexity index is 974. The van der Waals surface area contributed by atoms with Crippen molar-refractivity contribution in [1.82, 2.24) is 5.32 Å². The zero-order valence-electron chi connectivity index (χ0n) is 16.1. The topological polar surface area (TPSA) is 75.7 Å². The summed E-state index contributed by atoms with van der Waals surface area (Å²) < 4.78 is 69.6. The van der Waals surface area contributed by atoms with Gasteiger partial charge in [-0.05, 0) is 55.3 Å². The number of ether oxygens (including phenoxy) is 1. The maximum absolute atomic E-state index is 13.3. The van der Waals surface area contributed by atoms with Gasteiger partial charge in [-0.1, -0.05) is 12.1 Å². The number of carbonyl (C=O) groups excluding carboxylic acids is 1. The van der Waals surface area contributed by atoms with E-state index in [-0.39, 0.29) is 10.6 Å². The number of halogens is 3. The first-order valence-electron chi connectivity index (χ1n) is 8.51. The number of benzene rings is 2. The first kappa shape index (κ1) is 22.5. The molecule has 0 aromatic heterocycles. The van der Waals surface area contributed by atoms with Crippen LogP contribution in [0.25, 0.3) is 0 Å². The predicted octanol–water partition coefficient (Wildman–Crippen LogP) is 3.19. The van der Waals surface area contributed by atoms with Crippen molar-refractivity contribution < 1.29 is 31.1 Å². The van der Waals surface area contributed by atoms with Crippen molar-refractivity contribution in [2.24, 2.45) is 0 Å². The summed E-state index contributed by atoms with van der Waals surface area (Å²) in [5.74, 6) is -0.619. The molecule has 0 aliphatic rings. The lowest BCUT2D eigenvalue weighted by Crippen LogP contribution is -2.43. The molecule has 0 bridgehead atoms. The van der Waals surface area contributed by atoms with Crippen LogP contribution in [0, 0.1) is 13.8 Å². The van der Waals surface area contributed by atoms with Gasteiger partial charge < -0.3 is 10.1 Å². The normalized spacial score (nSPS) is 11.8. The molecule has 29 heavy (non-hydrogen) atoms. The summed E-state index contributed by atoms with van der Waals surface area (Å²) in [6, 6.07) is 10.6. The van der Waals surface area contributed by atoms with Gasteiger partial charge in [0.2, 0.25) is 5.91 Å². The second kappa shape index (κ2) is 8.73. The van der Waals surface area contributed by atoms with E-state index >= 15 is 0 Å². The van der Waals surface area contributed by atoms with Crippen LogP contribution < -0.4 is 14.4 Å². The highest BCUT2D eigenvalue weighted by molar-refractivity contribution is 7.93. The number of carbonyl (C=O) groups is 1. The Balaban J connectivity index is 2.45. The van der Waals surface area contributed by atoms with Gasteiger partial charge in [-0.25, -0.2) is 8.42 Å². The quantitative estimate of drug-likeness (QED) is 0.732.